The maximum atomic E-state index is 9.68. The zero-order valence-corrected chi connectivity index (χ0v) is 9.02. The van der Waals surface area contributed by atoms with Gasteiger partial charge in [0.2, 0.25) is 0 Å². The first-order valence-corrected chi connectivity index (χ1v) is 4.90. The highest BCUT2D eigenvalue weighted by atomic mass is 35.5. The van der Waals surface area contributed by atoms with Crippen molar-refractivity contribution in [2.45, 2.75) is 18.6 Å². The van der Waals surface area contributed by atoms with Crippen LogP contribution < -0.4 is 0 Å². The largest absolute Gasteiger partial charge is 0.389 e. The van der Waals surface area contributed by atoms with Crippen LogP contribution in [0.5, 0.6) is 0 Å². The Bertz CT molecular complexity index is 462. The third-order valence-electron chi connectivity index (χ3n) is 2.12. The van der Waals surface area contributed by atoms with Crippen LogP contribution >= 0.6 is 11.6 Å². The van der Waals surface area contributed by atoms with Crippen LogP contribution in [0, 0.1) is 22.7 Å². The molecule has 1 aromatic rings. The summed E-state index contributed by atoms with van der Waals surface area (Å²) in [7, 11) is 0. The van der Waals surface area contributed by atoms with Crippen molar-refractivity contribution in [2.24, 2.45) is 0 Å². The van der Waals surface area contributed by atoms with Gasteiger partial charge in [-0.1, -0.05) is 17.7 Å². The van der Waals surface area contributed by atoms with E-state index in [4.69, 9.17) is 22.1 Å². The van der Waals surface area contributed by atoms with Crippen LogP contribution in [-0.4, -0.2) is 16.3 Å². The Hall–Kier alpha value is -1.59. The predicted octanol–water partition coefficient (Wildman–Crippen LogP) is 1.52. The van der Waals surface area contributed by atoms with Crippen molar-refractivity contribution in [2.75, 3.05) is 0 Å². The first-order valence-electron chi connectivity index (χ1n) is 4.52. The molecule has 2 N–H and O–H groups in total. The van der Waals surface area contributed by atoms with E-state index in [1.165, 1.54) is 18.2 Å². The van der Waals surface area contributed by atoms with Crippen molar-refractivity contribution in [3.8, 4) is 12.1 Å². The lowest BCUT2D eigenvalue weighted by Gasteiger charge is -2.15. The van der Waals surface area contributed by atoms with Crippen molar-refractivity contribution in [1.82, 2.24) is 0 Å². The Morgan fingerprint density at radius 3 is 2.56 bits per heavy atom. The third kappa shape index (κ3) is 2.71. The SMILES string of the molecule is N#CCC(O)C(O)c1ccc(Cl)c(C#N)c1. The molecular weight excluding hydrogens is 228 g/mol. The summed E-state index contributed by atoms with van der Waals surface area (Å²) in [4.78, 5) is 0. The summed E-state index contributed by atoms with van der Waals surface area (Å²) < 4.78 is 0. The quantitative estimate of drug-likeness (QED) is 0.833. The molecular formula is C11H9ClN2O2. The first kappa shape index (κ1) is 12.5. The second-order valence-electron chi connectivity index (χ2n) is 3.23. The molecule has 0 radical (unpaired) electrons. The van der Waals surface area contributed by atoms with Crippen LogP contribution in [0.15, 0.2) is 18.2 Å². The maximum Gasteiger partial charge on any atom is 0.106 e. The molecule has 0 amide bonds. The molecule has 1 aromatic carbocycles. The number of aliphatic hydroxyl groups is 2. The van der Waals surface area contributed by atoms with E-state index in [0.717, 1.165) is 0 Å². The van der Waals surface area contributed by atoms with Gasteiger partial charge in [-0.05, 0) is 17.7 Å². The predicted molar refractivity (Wildman–Crippen MR) is 57.4 cm³/mol. The minimum Gasteiger partial charge on any atom is -0.389 e. The number of benzene rings is 1. The topological polar surface area (TPSA) is 88.0 Å². The lowest BCUT2D eigenvalue weighted by atomic mass is 10.0. The molecule has 0 saturated carbocycles. The van der Waals surface area contributed by atoms with E-state index in [0.29, 0.717) is 5.56 Å². The molecule has 0 aliphatic heterocycles. The number of hydrogen-bond acceptors (Lipinski definition) is 4. The van der Waals surface area contributed by atoms with Crippen molar-refractivity contribution in [3.05, 3.63) is 34.3 Å². The van der Waals surface area contributed by atoms with Crippen LogP contribution in [0.3, 0.4) is 0 Å². The molecule has 1 rings (SSSR count). The van der Waals surface area contributed by atoms with Gasteiger partial charge in [-0.25, -0.2) is 0 Å². The van der Waals surface area contributed by atoms with E-state index in [2.05, 4.69) is 0 Å². The van der Waals surface area contributed by atoms with Gasteiger partial charge in [0.05, 0.1) is 29.2 Å². The van der Waals surface area contributed by atoms with Crippen LogP contribution in [0.4, 0.5) is 0 Å². The van der Waals surface area contributed by atoms with Gasteiger partial charge in [0, 0.05) is 0 Å². The van der Waals surface area contributed by atoms with Crippen LogP contribution in [0.2, 0.25) is 5.02 Å². The van der Waals surface area contributed by atoms with Crippen molar-refractivity contribution < 1.29 is 10.2 Å². The van der Waals surface area contributed by atoms with E-state index in [-0.39, 0.29) is 17.0 Å². The molecule has 4 nitrogen and oxygen atoms in total. The molecule has 0 saturated heterocycles. The average molecular weight is 237 g/mol. The standard InChI is InChI=1S/C11H9ClN2O2/c12-9-2-1-7(5-8(9)6-14)11(16)10(15)3-4-13/h1-2,5,10-11,15-16H,3H2. The van der Waals surface area contributed by atoms with Crippen LogP contribution in [0.25, 0.3) is 0 Å². The first-order chi connectivity index (χ1) is 7.60. The van der Waals surface area contributed by atoms with E-state index in [1.54, 1.807) is 6.07 Å². The number of halogens is 1. The number of nitrogens with zero attached hydrogens (tertiary/aromatic N) is 2. The summed E-state index contributed by atoms with van der Waals surface area (Å²) >= 11 is 5.72. The Morgan fingerprint density at radius 2 is 2.00 bits per heavy atom. The normalized spacial score (nSPS) is 13.6. The number of nitriles is 2. The lowest BCUT2D eigenvalue weighted by molar-refractivity contribution is 0.0216. The van der Waals surface area contributed by atoms with Gasteiger partial charge >= 0.3 is 0 Å². The second kappa shape index (κ2) is 5.48. The Kier molecular flexibility index (Phi) is 4.28. The smallest absolute Gasteiger partial charge is 0.106 e. The van der Waals surface area contributed by atoms with Crippen molar-refractivity contribution in [3.63, 3.8) is 0 Å². The fraction of sp³-hybridized carbons (Fsp3) is 0.273. The molecule has 82 valence electrons. The monoisotopic (exact) mass is 236 g/mol. The highest BCUT2D eigenvalue weighted by Gasteiger charge is 2.18. The number of hydrogen-bond donors (Lipinski definition) is 2. The minimum absolute atomic E-state index is 0.175. The summed E-state index contributed by atoms with van der Waals surface area (Å²) in [5, 5.41) is 36.5. The molecule has 0 spiro atoms. The van der Waals surface area contributed by atoms with Gasteiger partial charge in [-0.2, -0.15) is 10.5 Å². The molecule has 0 aromatic heterocycles. The molecule has 2 atom stereocenters. The summed E-state index contributed by atoms with van der Waals surface area (Å²) in [6.45, 7) is 0. The Labute approximate surface area is 97.9 Å². The molecule has 0 aliphatic carbocycles. The van der Waals surface area contributed by atoms with Gasteiger partial charge in [0.15, 0.2) is 0 Å². The van der Waals surface area contributed by atoms with Gasteiger partial charge in [-0.3, -0.25) is 0 Å². The molecule has 0 bridgehead atoms. The van der Waals surface area contributed by atoms with Gasteiger partial charge < -0.3 is 10.2 Å². The molecule has 2 unspecified atom stereocenters. The van der Waals surface area contributed by atoms with E-state index >= 15 is 0 Å². The molecule has 16 heavy (non-hydrogen) atoms. The fourth-order valence-electron chi connectivity index (χ4n) is 1.24. The van der Waals surface area contributed by atoms with Crippen LogP contribution in [-0.2, 0) is 0 Å². The van der Waals surface area contributed by atoms with Crippen molar-refractivity contribution in [1.29, 1.82) is 10.5 Å². The highest BCUT2D eigenvalue weighted by molar-refractivity contribution is 6.31. The lowest BCUT2D eigenvalue weighted by Crippen LogP contribution is -2.17. The maximum absolute atomic E-state index is 9.68. The Balaban J connectivity index is 2.98. The van der Waals surface area contributed by atoms with E-state index < -0.39 is 12.2 Å². The molecule has 0 fully saturated rings. The average Bonchev–Trinajstić information content (AvgIpc) is 2.29. The van der Waals surface area contributed by atoms with Gasteiger partial charge in [0.1, 0.15) is 12.2 Å². The van der Waals surface area contributed by atoms with Crippen molar-refractivity contribution >= 4 is 11.6 Å². The summed E-state index contributed by atoms with van der Waals surface area (Å²) in [5.41, 5.74) is 0.589. The third-order valence-corrected chi connectivity index (χ3v) is 2.45. The number of rotatable bonds is 3. The molecule has 0 aliphatic rings. The molecule has 0 heterocycles. The van der Waals surface area contributed by atoms with Gasteiger partial charge in [-0.15, -0.1) is 0 Å². The Morgan fingerprint density at radius 1 is 1.31 bits per heavy atom. The van der Waals surface area contributed by atoms with Crippen LogP contribution in [0.1, 0.15) is 23.7 Å². The summed E-state index contributed by atoms with van der Waals surface area (Å²) in [5.74, 6) is 0. The van der Waals surface area contributed by atoms with E-state index in [9.17, 15) is 10.2 Å². The summed E-state index contributed by atoms with van der Waals surface area (Å²) in [6, 6.07) is 8.00. The summed E-state index contributed by atoms with van der Waals surface area (Å²) in [6.07, 6.45) is -2.53. The van der Waals surface area contributed by atoms with Gasteiger partial charge in [0.25, 0.3) is 0 Å². The number of aliphatic hydroxyl groups excluding tert-OH is 2. The fourth-order valence-corrected chi connectivity index (χ4v) is 1.40. The zero-order chi connectivity index (χ0) is 12.1. The van der Waals surface area contributed by atoms with E-state index in [1.807, 2.05) is 6.07 Å². The second-order valence-corrected chi connectivity index (χ2v) is 3.63. The highest BCUT2D eigenvalue weighted by Crippen LogP contribution is 2.23. The molecule has 5 heteroatoms. The zero-order valence-electron chi connectivity index (χ0n) is 8.26. The minimum atomic E-state index is -1.19.